The van der Waals surface area contributed by atoms with Crippen LogP contribution in [0.3, 0.4) is 0 Å². The maximum Gasteiger partial charge on any atom is 0.412 e. The molecule has 34 heavy (non-hydrogen) atoms. The average Bonchev–Trinajstić information content (AvgIpc) is 3.22. The quantitative estimate of drug-likeness (QED) is 0.393. The summed E-state index contributed by atoms with van der Waals surface area (Å²) in [5.41, 5.74) is 3.48. The first kappa shape index (κ1) is 25.0. The van der Waals surface area contributed by atoms with Gasteiger partial charge in [-0.1, -0.05) is 29.8 Å². The molecule has 0 saturated heterocycles. The second-order valence-electron chi connectivity index (χ2n) is 8.68. The number of urea groups is 1. The highest BCUT2D eigenvalue weighted by Crippen LogP contribution is 2.28. The van der Waals surface area contributed by atoms with Gasteiger partial charge < -0.3 is 20.1 Å². The number of benzene rings is 2. The summed E-state index contributed by atoms with van der Waals surface area (Å²) in [4.78, 5) is 29.1. The van der Waals surface area contributed by atoms with Gasteiger partial charge >= 0.3 is 12.1 Å². The molecule has 8 nitrogen and oxygen atoms in total. The lowest BCUT2D eigenvalue weighted by Crippen LogP contribution is -2.30. The van der Waals surface area contributed by atoms with Crippen molar-refractivity contribution >= 4 is 34.8 Å². The topological polar surface area (TPSA) is 102 Å². The minimum atomic E-state index is -0.634. The Morgan fingerprint density at radius 2 is 1.79 bits per heavy atom. The van der Waals surface area contributed by atoms with Gasteiger partial charge in [-0.3, -0.25) is 5.32 Å². The minimum absolute atomic E-state index is 0.359. The number of hydrogen-bond donors (Lipinski definition) is 3. The number of amides is 3. The van der Waals surface area contributed by atoms with Crippen LogP contribution >= 0.6 is 11.3 Å². The number of carbonyl (C=O) groups excluding carboxylic acids is 2. The summed E-state index contributed by atoms with van der Waals surface area (Å²) in [5.74, 6) is 0.449. The molecule has 1 aromatic heterocycles. The highest BCUT2D eigenvalue weighted by atomic mass is 32.1. The largest absolute Gasteiger partial charge is 0.495 e. The van der Waals surface area contributed by atoms with Gasteiger partial charge in [0, 0.05) is 29.6 Å². The minimum Gasteiger partial charge on any atom is -0.495 e. The third-order valence-electron chi connectivity index (χ3n) is 4.61. The number of nitrogens with one attached hydrogen (secondary N) is 3. The molecule has 0 radical (unpaired) electrons. The number of anilines is 2. The number of methoxy groups -OCH3 is 1. The molecule has 3 amide bonds. The fraction of sp³-hybridized carbons (Fsp3) is 0.320. The van der Waals surface area contributed by atoms with E-state index in [1.807, 2.05) is 5.38 Å². The Bertz CT molecular complexity index is 1140. The van der Waals surface area contributed by atoms with Gasteiger partial charge in [-0.2, -0.15) is 0 Å². The summed E-state index contributed by atoms with van der Waals surface area (Å²) >= 11 is 1.59. The average molecular weight is 483 g/mol. The zero-order valence-electron chi connectivity index (χ0n) is 20.0. The Kier molecular flexibility index (Phi) is 8.12. The van der Waals surface area contributed by atoms with Crippen molar-refractivity contribution in [2.24, 2.45) is 0 Å². The monoisotopic (exact) mass is 482 g/mol. The molecule has 180 valence electrons. The summed E-state index contributed by atoms with van der Waals surface area (Å²) in [6.45, 7) is 7.82. The number of ether oxygens (including phenoxy) is 2. The van der Waals surface area contributed by atoms with E-state index in [1.165, 1.54) is 12.7 Å². The van der Waals surface area contributed by atoms with E-state index in [-0.39, 0.29) is 6.03 Å². The van der Waals surface area contributed by atoms with Crippen molar-refractivity contribution in [1.29, 1.82) is 0 Å². The number of thiazole rings is 1. The number of hydrogen-bond acceptors (Lipinski definition) is 6. The van der Waals surface area contributed by atoms with E-state index in [0.717, 1.165) is 16.3 Å². The van der Waals surface area contributed by atoms with Gasteiger partial charge in [0.2, 0.25) is 0 Å². The van der Waals surface area contributed by atoms with E-state index in [2.05, 4.69) is 52.1 Å². The van der Waals surface area contributed by atoms with Crippen molar-refractivity contribution in [3.63, 3.8) is 0 Å². The Morgan fingerprint density at radius 1 is 1.06 bits per heavy atom. The lowest BCUT2D eigenvalue weighted by atomic mass is 10.2. The molecule has 0 aliphatic heterocycles. The predicted molar refractivity (Wildman–Crippen MR) is 136 cm³/mol. The van der Waals surface area contributed by atoms with Crippen LogP contribution in [-0.2, 0) is 11.2 Å². The summed E-state index contributed by atoms with van der Waals surface area (Å²) < 4.78 is 10.6. The lowest BCUT2D eigenvalue weighted by Gasteiger charge is -2.20. The zero-order valence-corrected chi connectivity index (χ0v) is 20.8. The molecule has 0 fully saturated rings. The molecule has 0 bridgehead atoms. The van der Waals surface area contributed by atoms with Crippen molar-refractivity contribution < 1.29 is 19.1 Å². The number of nitrogens with zero attached hydrogens (tertiary/aromatic N) is 1. The predicted octanol–water partition coefficient (Wildman–Crippen LogP) is 5.84. The van der Waals surface area contributed by atoms with E-state index in [4.69, 9.17) is 9.47 Å². The molecular formula is C25H30N4O4S. The smallest absolute Gasteiger partial charge is 0.412 e. The maximum absolute atomic E-state index is 12.4. The van der Waals surface area contributed by atoms with Crippen molar-refractivity contribution in [2.75, 3.05) is 24.3 Å². The molecule has 0 spiro atoms. The Balaban J connectivity index is 1.52. The van der Waals surface area contributed by atoms with Gasteiger partial charge in [0.1, 0.15) is 16.4 Å². The fourth-order valence-corrected chi connectivity index (χ4v) is 3.89. The van der Waals surface area contributed by atoms with Crippen molar-refractivity contribution in [1.82, 2.24) is 10.3 Å². The maximum atomic E-state index is 12.4. The number of aromatic nitrogens is 1. The zero-order chi connectivity index (χ0) is 24.7. The van der Waals surface area contributed by atoms with Gasteiger partial charge in [-0.05, 0) is 45.9 Å². The second-order valence-corrected chi connectivity index (χ2v) is 9.54. The molecule has 9 heteroatoms. The van der Waals surface area contributed by atoms with Crippen LogP contribution in [0.4, 0.5) is 21.0 Å². The lowest BCUT2D eigenvalue weighted by molar-refractivity contribution is 0.0635. The standard InChI is InChI=1S/C25H30N4O4S/c1-16-6-8-17(9-7-16)22-27-19(15-34-22)12-13-26-23(30)28-18-10-11-21(32-5)20(14-18)29-24(31)33-25(2,3)4/h6-11,14-15H,12-13H2,1-5H3,(H,29,31)(H2,26,28,30). The van der Waals surface area contributed by atoms with E-state index in [0.29, 0.717) is 30.1 Å². The molecule has 3 N–H and O–H groups in total. The van der Waals surface area contributed by atoms with Gasteiger partial charge in [0.05, 0.1) is 18.5 Å². The van der Waals surface area contributed by atoms with Crippen LogP contribution in [0.2, 0.25) is 0 Å². The Labute approximate surface area is 203 Å². The normalized spacial score (nSPS) is 11.0. The summed E-state index contributed by atoms with van der Waals surface area (Å²) in [5, 5.41) is 11.2. The first-order chi connectivity index (χ1) is 16.1. The number of rotatable bonds is 7. The third kappa shape index (κ3) is 7.48. The van der Waals surface area contributed by atoms with Gasteiger partial charge in [-0.25, -0.2) is 14.6 Å². The van der Waals surface area contributed by atoms with Gasteiger partial charge in [-0.15, -0.1) is 11.3 Å². The molecule has 0 atom stereocenters. The van der Waals surface area contributed by atoms with Crippen LogP contribution in [0, 0.1) is 6.92 Å². The summed E-state index contributed by atoms with van der Waals surface area (Å²) in [6, 6.07) is 12.8. The van der Waals surface area contributed by atoms with Crippen molar-refractivity contribution in [2.45, 2.75) is 39.7 Å². The second kappa shape index (κ2) is 11.0. The highest BCUT2D eigenvalue weighted by Gasteiger charge is 2.18. The Hall–Kier alpha value is -3.59. The molecule has 0 unspecified atom stereocenters. The number of carbonyl (C=O) groups is 2. The third-order valence-corrected chi connectivity index (χ3v) is 5.55. The van der Waals surface area contributed by atoms with Crippen LogP contribution in [0.15, 0.2) is 47.8 Å². The molecule has 0 saturated carbocycles. The van der Waals surface area contributed by atoms with Crippen LogP contribution in [0.25, 0.3) is 10.6 Å². The molecule has 3 rings (SSSR count). The SMILES string of the molecule is COc1ccc(NC(=O)NCCc2csc(-c3ccc(C)cc3)n2)cc1NC(=O)OC(C)(C)C. The van der Waals surface area contributed by atoms with Crippen LogP contribution in [0.5, 0.6) is 5.75 Å². The highest BCUT2D eigenvalue weighted by molar-refractivity contribution is 7.13. The molecular weight excluding hydrogens is 452 g/mol. The molecule has 1 heterocycles. The van der Waals surface area contributed by atoms with Crippen LogP contribution < -0.4 is 20.7 Å². The molecule has 0 aliphatic carbocycles. The first-order valence-corrected chi connectivity index (χ1v) is 11.8. The summed E-state index contributed by atoms with van der Waals surface area (Å²) in [6.07, 6.45) is 0.00443. The van der Waals surface area contributed by atoms with Crippen LogP contribution in [0.1, 0.15) is 32.0 Å². The molecule has 2 aromatic carbocycles. The Morgan fingerprint density at radius 3 is 2.47 bits per heavy atom. The van der Waals surface area contributed by atoms with E-state index in [1.54, 1.807) is 50.3 Å². The van der Waals surface area contributed by atoms with Crippen molar-refractivity contribution in [3.05, 3.63) is 59.1 Å². The first-order valence-electron chi connectivity index (χ1n) is 10.9. The fourth-order valence-electron chi connectivity index (χ4n) is 3.03. The molecule has 0 aliphatic rings. The summed E-state index contributed by atoms with van der Waals surface area (Å²) in [7, 11) is 1.50. The number of aryl methyl sites for hydroxylation is 1. The molecule has 3 aromatic rings. The van der Waals surface area contributed by atoms with E-state index in [9.17, 15) is 9.59 Å². The van der Waals surface area contributed by atoms with E-state index >= 15 is 0 Å². The van der Waals surface area contributed by atoms with Crippen LogP contribution in [-0.4, -0.2) is 36.4 Å². The van der Waals surface area contributed by atoms with Gasteiger partial charge in [0.25, 0.3) is 0 Å². The van der Waals surface area contributed by atoms with Crippen molar-refractivity contribution in [3.8, 4) is 16.3 Å². The van der Waals surface area contributed by atoms with E-state index < -0.39 is 11.7 Å². The van der Waals surface area contributed by atoms with Gasteiger partial charge in [0.15, 0.2) is 0 Å².